The SMILES string of the molecule is COc1ccc(C)c2sc(N(CCCN(C)C)C(=O)COc3ccccc3F)nc12. The zero-order valence-electron chi connectivity index (χ0n) is 17.6. The van der Waals surface area contributed by atoms with Crippen LogP contribution in [-0.4, -0.2) is 56.7 Å². The van der Waals surface area contributed by atoms with Crippen molar-refractivity contribution >= 4 is 32.6 Å². The third kappa shape index (κ3) is 5.06. The lowest BCUT2D eigenvalue weighted by molar-refractivity contribution is -0.120. The number of halogens is 1. The molecule has 0 bridgehead atoms. The summed E-state index contributed by atoms with van der Waals surface area (Å²) in [6, 6.07) is 9.90. The standard InChI is InChI=1S/C22H26FN3O3S/c1-15-10-11-18(28-4)20-21(15)30-22(24-20)26(13-7-12-25(2)3)19(27)14-29-17-9-6-5-8-16(17)23/h5-6,8-11H,7,12-14H2,1-4H3. The van der Waals surface area contributed by atoms with Gasteiger partial charge in [0, 0.05) is 6.54 Å². The minimum absolute atomic E-state index is 0.0564. The Bertz CT molecular complexity index is 1020. The molecule has 30 heavy (non-hydrogen) atoms. The Kier molecular flexibility index (Phi) is 7.23. The predicted octanol–water partition coefficient (Wildman–Crippen LogP) is 4.12. The molecule has 8 heteroatoms. The molecule has 0 aliphatic rings. The molecule has 0 saturated heterocycles. The molecule has 6 nitrogen and oxygen atoms in total. The van der Waals surface area contributed by atoms with E-state index < -0.39 is 5.82 Å². The number of hydrogen-bond donors (Lipinski definition) is 0. The normalized spacial score (nSPS) is 11.1. The van der Waals surface area contributed by atoms with Gasteiger partial charge in [-0.25, -0.2) is 9.37 Å². The van der Waals surface area contributed by atoms with Crippen LogP contribution >= 0.6 is 11.3 Å². The highest BCUT2D eigenvalue weighted by molar-refractivity contribution is 7.22. The summed E-state index contributed by atoms with van der Waals surface area (Å²) >= 11 is 1.44. The molecule has 0 saturated carbocycles. The van der Waals surface area contributed by atoms with Crippen molar-refractivity contribution in [2.45, 2.75) is 13.3 Å². The number of aryl methyl sites for hydroxylation is 1. The van der Waals surface area contributed by atoms with Gasteiger partial charge in [-0.05, 0) is 57.7 Å². The first kappa shape index (κ1) is 22.0. The van der Waals surface area contributed by atoms with Gasteiger partial charge in [-0.15, -0.1) is 0 Å². The number of methoxy groups -OCH3 is 1. The summed E-state index contributed by atoms with van der Waals surface area (Å²) < 4.78 is 25.7. The molecule has 1 heterocycles. The van der Waals surface area contributed by atoms with Gasteiger partial charge in [-0.2, -0.15) is 0 Å². The number of fused-ring (bicyclic) bond motifs is 1. The van der Waals surface area contributed by atoms with Crippen LogP contribution in [0.4, 0.5) is 9.52 Å². The van der Waals surface area contributed by atoms with E-state index in [9.17, 15) is 9.18 Å². The van der Waals surface area contributed by atoms with E-state index in [0.717, 1.165) is 28.7 Å². The highest BCUT2D eigenvalue weighted by Crippen LogP contribution is 2.36. The maximum Gasteiger partial charge on any atom is 0.266 e. The monoisotopic (exact) mass is 431 g/mol. The number of benzene rings is 2. The number of carbonyl (C=O) groups excluding carboxylic acids is 1. The molecule has 0 fully saturated rings. The van der Waals surface area contributed by atoms with Crippen LogP contribution in [0.5, 0.6) is 11.5 Å². The average molecular weight is 432 g/mol. The molecule has 0 unspecified atom stereocenters. The number of aromatic nitrogens is 1. The van der Waals surface area contributed by atoms with Crippen LogP contribution in [0, 0.1) is 12.7 Å². The summed E-state index contributed by atoms with van der Waals surface area (Å²) in [5.41, 5.74) is 1.80. The third-order valence-corrected chi connectivity index (χ3v) is 5.83. The molecule has 1 amide bonds. The molecule has 0 spiro atoms. The summed E-state index contributed by atoms with van der Waals surface area (Å²) in [5.74, 6) is -0.0419. The quantitative estimate of drug-likeness (QED) is 0.510. The molecular weight excluding hydrogens is 405 g/mol. The maximum atomic E-state index is 13.8. The smallest absolute Gasteiger partial charge is 0.266 e. The van der Waals surface area contributed by atoms with Gasteiger partial charge in [0.1, 0.15) is 11.3 Å². The lowest BCUT2D eigenvalue weighted by Crippen LogP contribution is -2.37. The minimum Gasteiger partial charge on any atom is -0.494 e. The van der Waals surface area contributed by atoms with Crippen LogP contribution in [0.15, 0.2) is 36.4 Å². The molecule has 0 atom stereocenters. The minimum atomic E-state index is -0.496. The van der Waals surface area contributed by atoms with Gasteiger partial charge in [0.05, 0.1) is 11.8 Å². The number of thiazole rings is 1. The molecule has 0 aliphatic heterocycles. The summed E-state index contributed by atoms with van der Waals surface area (Å²) in [7, 11) is 5.57. The Labute approximate surface area is 179 Å². The lowest BCUT2D eigenvalue weighted by atomic mass is 10.2. The number of rotatable bonds is 9. The van der Waals surface area contributed by atoms with E-state index in [1.54, 1.807) is 24.1 Å². The lowest BCUT2D eigenvalue weighted by Gasteiger charge is -2.21. The summed E-state index contributed by atoms with van der Waals surface area (Å²) in [5, 5.41) is 0.582. The van der Waals surface area contributed by atoms with Gasteiger partial charge in [0.2, 0.25) is 0 Å². The first-order chi connectivity index (χ1) is 14.4. The zero-order valence-corrected chi connectivity index (χ0v) is 18.5. The molecule has 0 aliphatic carbocycles. The van der Waals surface area contributed by atoms with Crippen molar-refractivity contribution in [2.75, 3.05) is 45.8 Å². The number of nitrogens with zero attached hydrogens (tertiary/aromatic N) is 3. The van der Waals surface area contributed by atoms with E-state index in [0.29, 0.717) is 17.4 Å². The summed E-state index contributed by atoms with van der Waals surface area (Å²) in [6.07, 6.45) is 0.768. The van der Waals surface area contributed by atoms with Crippen LogP contribution < -0.4 is 14.4 Å². The second kappa shape index (κ2) is 9.86. The van der Waals surface area contributed by atoms with Crippen LogP contribution in [0.25, 0.3) is 10.2 Å². The second-order valence-corrected chi connectivity index (χ2v) is 8.16. The Hall–Kier alpha value is -2.71. The van der Waals surface area contributed by atoms with Crippen molar-refractivity contribution < 1.29 is 18.7 Å². The van der Waals surface area contributed by atoms with E-state index in [1.165, 1.54) is 23.5 Å². The number of anilines is 1. The van der Waals surface area contributed by atoms with Gasteiger partial charge < -0.3 is 14.4 Å². The highest BCUT2D eigenvalue weighted by atomic mass is 32.1. The first-order valence-electron chi connectivity index (χ1n) is 9.67. The fraction of sp³-hybridized carbons (Fsp3) is 0.364. The first-order valence-corrected chi connectivity index (χ1v) is 10.5. The van der Waals surface area contributed by atoms with E-state index in [-0.39, 0.29) is 18.3 Å². The van der Waals surface area contributed by atoms with Crippen molar-refractivity contribution in [1.29, 1.82) is 0 Å². The van der Waals surface area contributed by atoms with Crippen LogP contribution in [0.1, 0.15) is 12.0 Å². The van der Waals surface area contributed by atoms with Crippen molar-refractivity contribution in [3.63, 3.8) is 0 Å². The van der Waals surface area contributed by atoms with Gasteiger partial charge >= 0.3 is 0 Å². The molecule has 160 valence electrons. The van der Waals surface area contributed by atoms with E-state index in [1.807, 2.05) is 33.2 Å². The summed E-state index contributed by atoms with van der Waals surface area (Å²) in [4.78, 5) is 21.4. The molecule has 0 radical (unpaired) electrons. The fourth-order valence-corrected chi connectivity index (χ4v) is 4.12. The van der Waals surface area contributed by atoms with Crippen LogP contribution in [-0.2, 0) is 4.79 Å². The van der Waals surface area contributed by atoms with E-state index in [4.69, 9.17) is 14.5 Å². The Balaban J connectivity index is 1.86. The third-order valence-electron chi connectivity index (χ3n) is 4.62. The second-order valence-electron chi connectivity index (χ2n) is 7.18. The predicted molar refractivity (Wildman–Crippen MR) is 118 cm³/mol. The topological polar surface area (TPSA) is 54.9 Å². The Morgan fingerprint density at radius 1 is 1.13 bits per heavy atom. The van der Waals surface area contributed by atoms with Gasteiger partial charge in [-0.3, -0.25) is 9.69 Å². The molecule has 2 aromatic carbocycles. The molecule has 3 rings (SSSR count). The average Bonchev–Trinajstić information content (AvgIpc) is 3.16. The Morgan fingerprint density at radius 2 is 1.90 bits per heavy atom. The van der Waals surface area contributed by atoms with Gasteiger partial charge in [0.25, 0.3) is 5.91 Å². The van der Waals surface area contributed by atoms with Crippen LogP contribution in [0.2, 0.25) is 0 Å². The summed E-state index contributed by atoms with van der Waals surface area (Å²) in [6.45, 7) is 3.04. The maximum absolute atomic E-state index is 13.8. The number of para-hydroxylation sites is 1. The molecule has 0 N–H and O–H groups in total. The van der Waals surface area contributed by atoms with E-state index in [2.05, 4.69) is 4.90 Å². The number of hydrogen-bond acceptors (Lipinski definition) is 6. The number of ether oxygens (including phenoxy) is 2. The van der Waals surface area contributed by atoms with Crippen LogP contribution in [0.3, 0.4) is 0 Å². The largest absolute Gasteiger partial charge is 0.494 e. The van der Waals surface area contributed by atoms with Gasteiger partial charge in [0.15, 0.2) is 23.3 Å². The van der Waals surface area contributed by atoms with Crippen molar-refractivity contribution in [3.8, 4) is 11.5 Å². The zero-order chi connectivity index (χ0) is 21.7. The van der Waals surface area contributed by atoms with Crippen molar-refractivity contribution in [3.05, 3.63) is 47.8 Å². The fourth-order valence-electron chi connectivity index (χ4n) is 3.03. The van der Waals surface area contributed by atoms with Crippen molar-refractivity contribution in [1.82, 2.24) is 9.88 Å². The molecular formula is C22H26FN3O3S. The Morgan fingerprint density at radius 3 is 2.60 bits per heavy atom. The molecule has 3 aromatic rings. The highest BCUT2D eigenvalue weighted by Gasteiger charge is 2.22. The number of amides is 1. The number of carbonyl (C=O) groups is 1. The van der Waals surface area contributed by atoms with Crippen molar-refractivity contribution in [2.24, 2.45) is 0 Å². The molecule has 1 aromatic heterocycles. The van der Waals surface area contributed by atoms with Gasteiger partial charge in [-0.1, -0.05) is 29.5 Å². The van der Waals surface area contributed by atoms with E-state index >= 15 is 0 Å².